The molecule has 0 radical (unpaired) electrons. The van der Waals surface area contributed by atoms with Crippen LogP contribution in [0, 0.1) is 11.8 Å². The minimum atomic E-state index is -2.10. The van der Waals surface area contributed by atoms with E-state index < -0.39 is 46.2 Å². The van der Waals surface area contributed by atoms with Crippen molar-refractivity contribution in [3.05, 3.63) is 75.6 Å². The maximum atomic E-state index is 13.9. The monoisotopic (exact) mass is 546 g/mol. The molecule has 2 aromatic rings. The molecule has 2 amide bonds. The molecule has 10 heteroatoms. The van der Waals surface area contributed by atoms with E-state index in [4.69, 9.17) is 10.5 Å². The number of fused-ring (bicyclic) bond motifs is 3. The first-order valence-electron chi connectivity index (χ1n) is 13.0. The molecule has 0 bridgehead atoms. The van der Waals surface area contributed by atoms with Gasteiger partial charge in [-0.05, 0) is 66.1 Å². The number of ketones is 2. The Labute approximate surface area is 230 Å². The molecule has 3 atom stereocenters. The number of carbonyl (C=O) groups is 4. The van der Waals surface area contributed by atoms with Crippen molar-refractivity contribution in [3.8, 4) is 16.9 Å². The summed E-state index contributed by atoms with van der Waals surface area (Å²) in [5.74, 6) is -4.84. The molecule has 3 aliphatic carbocycles. The van der Waals surface area contributed by atoms with Crippen molar-refractivity contribution < 1.29 is 39.2 Å². The van der Waals surface area contributed by atoms with Gasteiger partial charge in [0.2, 0.25) is 0 Å². The molecule has 0 saturated heterocycles. The highest BCUT2D eigenvalue weighted by atomic mass is 16.5. The van der Waals surface area contributed by atoms with Crippen LogP contribution in [0.4, 0.5) is 0 Å². The number of nitrogens with two attached hydrogens (primary N) is 1. The number of ether oxygens (including phenoxy) is 1. The molecule has 0 heterocycles. The largest absolute Gasteiger partial charge is 0.508 e. The molecule has 0 aromatic heterocycles. The second-order valence-electron chi connectivity index (χ2n) is 10.5. The lowest BCUT2D eigenvalue weighted by molar-refractivity contribution is -0.126. The number of methoxy groups -OCH3 is 1. The van der Waals surface area contributed by atoms with E-state index in [0.717, 1.165) is 0 Å². The first kappa shape index (κ1) is 27.3. The van der Waals surface area contributed by atoms with Gasteiger partial charge in [0.1, 0.15) is 22.7 Å². The summed E-state index contributed by atoms with van der Waals surface area (Å²) in [5, 5.41) is 36.1. The van der Waals surface area contributed by atoms with Gasteiger partial charge in [0.15, 0.2) is 11.6 Å². The summed E-state index contributed by atoms with van der Waals surface area (Å²) in [6, 6.07) is 10.0. The molecule has 0 saturated carbocycles. The van der Waals surface area contributed by atoms with Crippen LogP contribution >= 0.6 is 0 Å². The zero-order valence-electron chi connectivity index (χ0n) is 22.1. The molecule has 6 N–H and O–H groups in total. The number of nitrogens with one attached hydrogen (secondary N) is 1. The number of primary amides is 1. The van der Waals surface area contributed by atoms with E-state index in [2.05, 4.69) is 5.32 Å². The number of phenols is 1. The number of aliphatic hydroxyl groups excluding tert-OH is 1. The van der Waals surface area contributed by atoms with Gasteiger partial charge in [0, 0.05) is 37.1 Å². The van der Waals surface area contributed by atoms with E-state index in [9.17, 15) is 34.5 Å². The number of phenolic OH excluding ortho intramolecular Hbond substituents is 1. The van der Waals surface area contributed by atoms with Gasteiger partial charge in [-0.25, -0.2) is 0 Å². The number of allylic oxidation sites excluding steroid dienone is 1. The maximum absolute atomic E-state index is 13.9. The van der Waals surface area contributed by atoms with Gasteiger partial charge >= 0.3 is 0 Å². The number of Topliss-reactive ketones (excluding diaryl/α,β-unsaturated/α-hetero) is 2. The van der Waals surface area contributed by atoms with E-state index >= 15 is 0 Å². The van der Waals surface area contributed by atoms with Crippen molar-refractivity contribution >= 4 is 23.4 Å². The van der Waals surface area contributed by atoms with Gasteiger partial charge in [0.05, 0.1) is 12.2 Å². The van der Waals surface area contributed by atoms with E-state index in [0.29, 0.717) is 41.8 Å². The molecular formula is C30H30N2O8. The minimum absolute atomic E-state index is 0.0746. The molecule has 208 valence electrons. The Kier molecular flexibility index (Phi) is 6.85. The first-order chi connectivity index (χ1) is 19.0. The Morgan fingerprint density at radius 3 is 2.60 bits per heavy atom. The normalized spacial score (nSPS) is 23.9. The van der Waals surface area contributed by atoms with Crippen LogP contribution in [0.2, 0.25) is 0 Å². The van der Waals surface area contributed by atoms with Crippen LogP contribution in [-0.2, 0) is 20.7 Å². The van der Waals surface area contributed by atoms with Crippen LogP contribution < -0.4 is 11.1 Å². The van der Waals surface area contributed by atoms with E-state index in [1.165, 1.54) is 13.0 Å². The Hall–Kier alpha value is -4.28. The predicted octanol–water partition coefficient (Wildman–Crippen LogP) is 2.13. The number of aromatic hydroxyl groups is 1. The highest BCUT2D eigenvalue weighted by Gasteiger charge is 2.56. The Morgan fingerprint density at radius 1 is 1.15 bits per heavy atom. The number of hydrogen-bond donors (Lipinski definition) is 5. The van der Waals surface area contributed by atoms with Gasteiger partial charge in [-0.3, -0.25) is 19.2 Å². The zero-order chi connectivity index (χ0) is 28.9. The summed E-state index contributed by atoms with van der Waals surface area (Å²) in [4.78, 5) is 51.1. The summed E-state index contributed by atoms with van der Waals surface area (Å²) in [6.45, 7) is 2.21. The smallest absolute Gasteiger partial charge is 0.255 e. The van der Waals surface area contributed by atoms with Crippen molar-refractivity contribution in [2.45, 2.75) is 31.8 Å². The molecule has 3 aliphatic rings. The van der Waals surface area contributed by atoms with E-state index in [1.807, 2.05) is 6.07 Å². The summed E-state index contributed by atoms with van der Waals surface area (Å²) in [7, 11) is 1.54. The van der Waals surface area contributed by atoms with E-state index in [1.54, 1.807) is 31.4 Å². The minimum Gasteiger partial charge on any atom is -0.508 e. The summed E-state index contributed by atoms with van der Waals surface area (Å²) >= 11 is 0. The number of aliphatic hydroxyl groups is 2. The van der Waals surface area contributed by atoms with Crippen LogP contribution in [0.1, 0.15) is 46.0 Å². The van der Waals surface area contributed by atoms with Crippen LogP contribution in [-0.4, -0.2) is 64.6 Å². The molecule has 5 rings (SSSR count). The van der Waals surface area contributed by atoms with Crippen molar-refractivity contribution in [2.24, 2.45) is 17.6 Å². The molecule has 2 aromatic carbocycles. The average molecular weight is 547 g/mol. The van der Waals surface area contributed by atoms with Crippen LogP contribution in [0.25, 0.3) is 11.1 Å². The summed E-state index contributed by atoms with van der Waals surface area (Å²) < 4.78 is 4.98. The number of benzene rings is 2. The van der Waals surface area contributed by atoms with Crippen LogP contribution in [0.3, 0.4) is 0 Å². The fourth-order valence-electron chi connectivity index (χ4n) is 6.44. The Morgan fingerprint density at radius 2 is 1.90 bits per heavy atom. The third kappa shape index (κ3) is 4.11. The number of hydrogen-bond acceptors (Lipinski definition) is 8. The molecular weight excluding hydrogens is 516 g/mol. The molecule has 0 spiro atoms. The quantitative estimate of drug-likeness (QED) is 0.270. The van der Waals surface area contributed by atoms with Gasteiger partial charge in [-0.2, -0.15) is 0 Å². The predicted molar refractivity (Wildman–Crippen MR) is 144 cm³/mol. The summed E-state index contributed by atoms with van der Waals surface area (Å²) in [6.07, 6.45) is 0.289. The Bertz CT molecular complexity index is 1540. The topological polar surface area (TPSA) is 176 Å². The Balaban J connectivity index is 1.60. The zero-order valence-corrected chi connectivity index (χ0v) is 22.1. The van der Waals surface area contributed by atoms with Crippen molar-refractivity contribution in [1.82, 2.24) is 5.32 Å². The van der Waals surface area contributed by atoms with Gasteiger partial charge in [-0.1, -0.05) is 18.2 Å². The fourth-order valence-corrected chi connectivity index (χ4v) is 6.44. The standard InChI is InChI=1S/C30H30N2O8/c1-14-23-17(11-18-13-22(34)25(28(31)37)27(36)30(14,18)39)12-20-19(6-7-21(33)24(20)26(23)35)15-4-3-5-16(10-15)29(38)32-8-9-40-2/h3-7,10,17-18,33,36,39H,8-9,11-13H2,1-2H3,(H2,31,37)(H,32,38)/t17?,18-,30+/m0/s1. The number of carbonyl (C=O) groups excluding carboxylic acids is 4. The lowest BCUT2D eigenvalue weighted by atomic mass is 9.58. The van der Waals surface area contributed by atoms with Crippen molar-refractivity contribution in [2.75, 3.05) is 20.3 Å². The van der Waals surface area contributed by atoms with Crippen LogP contribution in [0.5, 0.6) is 5.75 Å². The third-order valence-corrected chi connectivity index (χ3v) is 8.34. The molecule has 40 heavy (non-hydrogen) atoms. The third-order valence-electron chi connectivity index (χ3n) is 8.34. The lowest BCUT2D eigenvalue weighted by Gasteiger charge is -2.47. The van der Waals surface area contributed by atoms with Crippen LogP contribution in [0.15, 0.2) is 58.9 Å². The second-order valence-corrected chi connectivity index (χ2v) is 10.5. The summed E-state index contributed by atoms with van der Waals surface area (Å²) in [5.41, 5.74) is 5.36. The first-order valence-corrected chi connectivity index (χ1v) is 13.0. The molecule has 0 aliphatic heterocycles. The van der Waals surface area contributed by atoms with Crippen molar-refractivity contribution in [3.63, 3.8) is 0 Å². The molecule has 0 fully saturated rings. The number of amides is 2. The van der Waals surface area contributed by atoms with Gasteiger partial charge < -0.3 is 31.1 Å². The van der Waals surface area contributed by atoms with Crippen molar-refractivity contribution in [1.29, 1.82) is 0 Å². The lowest BCUT2D eigenvalue weighted by Crippen LogP contribution is -2.53. The molecule has 10 nitrogen and oxygen atoms in total. The highest BCUT2D eigenvalue weighted by Crippen LogP contribution is 2.53. The maximum Gasteiger partial charge on any atom is 0.255 e. The number of rotatable bonds is 6. The SMILES string of the molecule is COCCNC(=O)c1cccc(-c2ccc(O)c3c2CC2C[C@H]4CC(=O)C(C(N)=O)=C(O)[C@@]4(O)C(C)=C2C3=O)c1. The molecule has 1 unspecified atom stereocenters. The second kappa shape index (κ2) is 10.0. The van der Waals surface area contributed by atoms with Gasteiger partial charge in [-0.15, -0.1) is 0 Å². The van der Waals surface area contributed by atoms with Gasteiger partial charge in [0.25, 0.3) is 11.8 Å². The van der Waals surface area contributed by atoms with E-state index in [-0.39, 0.29) is 41.2 Å². The fraction of sp³-hybridized carbons (Fsp3) is 0.333. The average Bonchev–Trinajstić information content (AvgIpc) is 2.90. The highest BCUT2D eigenvalue weighted by molar-refractivity contribution is 6.20.